The van der Waals surface area contributed by atoms with Gasteiger partial charge in [0.05, 0.1) is 11.3 Å². The molecule has 5 heteroatoms. The van der Waals surface area contributed by atoms with Crippen LogP contribution in [-0.4, -0.2) is 48.1 Å². The van der Waals surface area contributed by atoms with Gasteiger partial charge in [-0.05, 0) is 37.3 Å². The van der Waals surface area contributed by atoms with Crippen molar-refractivity contribution < 1.29 is 14.7 Å². The molecule has 142 valence electrons. The predicted molar refractivity (Wildman–Crippen MR) is 102 cm³/mol. The Morgan fingerprint density at radius 2 is 1.62 bits per heavy atom. The summed E-state index contributed by atoms with van der Waals surface area (Å²) in [4.78, 5) is 29.2. The van der Waals surface area contributed by atoms with Crippen LogP contribution in [0.15, 0.2) is 24.3 Å². The van der Waals surface area contributed by atoms with Crippen molar-refractivity contribution in [3.63, 3.8) is 0 Å². The summed E-state index contributed by atoms with van der Waals surface area (Å²) in [6.07, 6.45) is 1.22. The lowest BCUT2D eigenvalue weighted by molar-refractivity contribution is -0.153. The number of piperazine rings is 1. The molecular weight excluding hydrogens is 328 g/mol. The fraction of sp³-hybridized carbons (Fsp3) is 0.619. The Hall–Kier alpha value is -2.04. The third kappa shape index (κ3) is 2.97. The monoisotopic (exact) mass is 358 g/mol. The lowest BCUT2D eigenvalue weighted by Crippen LogP contribution is -2.55. The molecule has 0 spiro atoms. The van der Waals surface area contributed by atoms with Crippen LogP contribution in [0.4, 0.5) is 5.69 Å². The van der Waals surface area contributed by atoms with Crippen molar-refractivity contribution in [3.05, 3.63) is 29.8 Å². The van der Waals surface area contributed by atoms with Gasteiger partial charge in [-0.25, -0.2) is 0 Å². The van der Waals surface area contributed by atoms with Gasteiger partial charge in [-0.3, -0.25) is 9.59 Å². The standard InChI is InChI=1S/C21H30N2O3/c1-15-5-7-16(8-6-15)22-11-13-23(14-12-22)19(26)21(4)10-9-17(18(24)25)20(21,2)3/h5-8,17H,9-14H2,1-4H3,(H,24,25). The summed E-state index contributed by atoms with van der Waals surface area (Å²) in [6.45, 7) is 10.9. The second-order valence-corrected chi connectivity index (χ2v) is 8.60. The van der Waals surface area contributed by atoms with Gasteiger partial charge in [0.1, 0.15) is 0 Å². The fourth-order valence-electron chi connectivity index (χ4n) is 4.59. The van der Waals surface area contributed by atoms with Crippen molar-refractivity contribution in [3.8, 4) is 0 Å². The molecule has 1 aromatic carbocycles. The van der Waals surface area contributed by atoms with Gasteiger partial charge in [0.25, 0.3) is 0 Å². The van der Waals surface area contributed by atoms with Gasteiger partial charge in [-0.2, -0.15) is 0 Å². The minimum Gasteiger partial charge on any atom is -0.481 e. The normalized spacial score (nSPS) is 28.2. The second kappa shape index (κ2) is 6.60. The number of nitrogens with zero attached hydrogens (tertiary/aromatic N) is 2. The Kier molecular flexibility index (Phi) is 4.76. The minimum absolute atomic E-state index is 0.120. The first-order valence-corrected chi connectivity index (χ1v) is 9.50. The Balaban J connectivity index is 1.68. The smallest absolute Gasteiger partial charge is 0.307 e. The fourth-order valence-corrected chi connectivity index (χ4v) is 4.59. The van der Waals surface area contributed by atoms with E-state index in [9.17, 15) is 14.7 Å². The lowest BCUT2D eigenvalue weighted by atomic mass is 9.65. The zero-order valence-corrected chi connectivity index (χ0v) is 16.3. The third-order valence-electron chi connectivity index (χ3n) is 6.96. The Labute approximate surface area is 156 Å². The highest BCUT2D eigenvalue weighted by molar-refractivity contribution is 5.86. The van der Waals surface area contributed by atoms with Gasteiger partial charge in [0.15, 0.2) is 0 Å². The van der Waals surface area contributed by atoms with E-state index in [0.29, 0.717) is 25.9 Å². The van der Waals surface area contributed by atoms with Gasteiger partial charge in [-0.1, -0.05) is 38.5 Å². The van der Waals surface area contributed by atoms with Gasteiger partial charge in [-0.15, -0.1) is 0 Å². The molecule has 1 N–H and O–H groups in total. The minimum atomic E-state index is -0.782. The molecule has 1 saturated heterocycles. The highest BCUT2D eigenvalue weighted by atomic mass is 16.4. The van der Waals surface area contributed by atoms with Crippen molar-refractivity contribution >= 4 is 17.6 Å². The average Bonchev–Trinajstić information content (AvgIpc) is 2.86. The van der Waals surface area contributed by atoms with Crippen LogP contribution in [0, 0.1) is 23.7 Å². The SMILES string of the molecule is Cc1ccc(N2CCN(C(=O)C3(C)CCC(C(=O)O)C3(C)C)CC2)cc1. The number of carboxylic acid groups (broad SMARTS) is 1. The largest absolute Gasteiger partial charge is 0.481 e. The number of hydrogen-bond acceptors (Lipinski definition) is 3. The van der Waals surface area contributed by atoms with Crippen molar-refractivity contribution in [1.29, 1.82) is 0 Å². The maximum Gasteiger partial charge on any atom is 0.307 e. The molecule has 0 bridgehead atoms. The predicted octanol–water partition coefficient (Wildman–Crippen LogP) is 3.17. The maximum absolute atomic E-state index is 13.3. The summed E-state index contributed by atoms with van der Waals surface area (Å²) < 4.78 is 0. The summed E-state index contributed by atoms with van der Waals surface area (Å²) >= 11 is 0. The van der Waals surface area contributed by atoms with Crippen molar-refractivity contribution in [2.24, 2.45) is 16.7 Å². The highest BCUT2D eigenvalue weighted by Gasteiger charge is 2.59. The van der Waals surface area contributed by atoms with Crippen LogP contribution < -0.4 is 4.90 Å². The summed E-state index contributed by atoms with van der Waals surface area (Å²) in [6, 6.07) is 8.49. The van der Waals surface area contributed by atoms with Crippen LogP contribution in [0.3, 0.4) is 0 Å². The molecule has 1 aliphatic heterocycles. The topological polar surface area (TPSA) is 60.9 Å². The molecule has 1 amide bonds. The Morgan fingerprint density at radius 3 is 2.12 bits per heavy atom. The number of carbonyl (C=O) groups is 2. The second-order valence-electron chi connectivity index (χ2n) is 8.60. The summed E-state index contributed by atoms with van der Waals surface area (Å²) in [5.74, 6) is -1.11. The van der Waals surface area contributed by atoms with Gasteiger partial charge >= 0.3 is 5.97 Å². The zero-order chi connectivity index (χ0) is 19.1. The van der Waals surface area contributed by atoms with Crippen LogP contribution in [0.1, 0.15) is 39.2 Å². The van der Waals surface area contributed by atoms with E-state index in [4.69, 9.17) is 0 Å². The molecule has 0 radical (unpaired) electrons. The van der Waals surface area contributed by atoms with Crippen LogP contribution in [0.2, 0.25) is 0 Å². The quantitative estimate of drug-likeness (QED) is 0.901. The molecule has 2 aliphatic rings. The van der Waals surface area contributed by atoms with E-state index in [-0.39, 0.29) is 5.91 Å². The highest BCUT2D eigenvalue weighted by Crippen LogP contribution is 2.56. The first kappa shape index (κ1) is 18.7. The van der Waals surface area contributed by atoms with Crippen molar-refractivity contribution in [1.82, 2.24) is 4.90 Å². The van der Waals surface area contributed by atoms with E-state index in [0.717, 1.165) is 13.1 Å². The molecule has 3 rings (SSSR count). The van der Waals surface area contributed by atoms with Crippen molar-refractivity contribution in [2.75, 3.05) is 31.1 Å². The van der Waals surface area contributed by atoms with Gasteiger partial charge in [0.2, 0.25) is 5.91 Å². The van der Waals surface area contributed by atoms with Crippen LogP contribution in [0.5, 0.6) is 0 Å². The molecule has 2 unspecified atom stereocenters. The third-order valence-corrected chi connectivity index (χ3v) is 6.96. The molecule has 1 aliphatic carbocycles. The van der Waals surface area contributed by atoms with E-state index in [1.165, 1.54) is 11.3 Å². The van der Waals surface area contributed by atoms with E-state index in [1.54, 1.807) is 0 Å². The summed E-state index contributed by atoms with van der Waals surface area (Å²) in [5, 5.41) is 9.52. The maximum atomic E-state index is 13.3. The van der Waals surface area contributed by atoms with Crippen LogP contribution in [-0.2, 0) is 9.59 Å². The average molecular weight is 358 g/mol. The molecule has 5 nitrogen and oxygen atoms in total. The molecule has 2 atom stereocenters. The van der Waals surface area contributed by atoms with Gasteiger partial charge in [0, 0.05) is 31.9 Å². The first-order chi connectivity index (χ1) is 12.2. The number of hydrogen-bond donors (Lipinski definition) is 1. The number of carboxylic acids is 1. The van der Waals surface area contributed by atoms with Gasteiger partial charge < -0.3 is 14.9 Å². The van der Waals surface area contributed by atoms with Crippen LogP contribution in [0.25, 0.3) is 0 Å². The Morgan fingerprint density at radius 1 is 1.04 bits per heavy atom. The van der Waals surface area contributed by atoms with Crippen molar-refractivity contribution in [2.45, 2.75) is 40.5 Å². The number of benzene rings is 1. The van der Waals surface area contributed by atoms with E-state index in [1.807, 2.05) is 25.7 Å². The molecular formula is C21H30N2O3. The number of carbonyl (C=O) groups excluding carboxylic acids is 1. The molecule has 26 heavy (non-hydrogen) atoms. The van der Waals surface area contributed by atoms with E-state index in [2.05, 4.69) is 36.1 Å². The number of rotatable bonds is 3. The molecule has 1 heterocycles. The van der Waals surface area contributed by atoms with Crippen LogP contribution >= 0.6 is 0 Å². The summed E-state index contributed by atoms with van der Waals surface area (Å²) in [5.41, 5.74) is 1.29. The van der Waals surface area contributed by atoms with E-state index >= 15 is 0 Å². The zero-order valence-electron chi connectivity index (χ0n) is 16.3. The first-order valence-electron chi connectivity index (χ1n) is 9.50. The molecule has 1 aromatic rings. The molecule has 1 saturated carbocycles. The number of anilines is 1. The number of aliphatic carboxylic acids is 1. The summed E-state index contributed by atoms with van der Waals surface area (Å²) in [7, 11) is 0. The Bertz CT molecular complexity index is 690. The van der Waals surface area contributed by atoms with E-state index < -0.39 is 22.7 Å². The molecule has 0 aromatic heterocycles. The number of aryl methyl sites for hydroxylation is 1. The molecule has 2 fully saturated rings. The number of amides is 1. The lowest BCUT2D eigenvalue weighted by Gasteiger charge is -2.45.